The fraction of sp³-hybridized carbons (Fsp3) is 0.656. The number of amides is 2. The van der Waals surface area contributed by atoms with Gasteiger partial charge < -0.3 is 24.7 Å². The predicted molar refractivity (Wildman–Crippen MR) is 165 cm³/mol. The first-order chi connectivity index (χ1) is 21.4. The van der Waals surface area contributed by atoms with Gasteiger partial charge in [-0.05, 0) is 75.5 Å². The zero-order valence-corrected chi connectivity index (χ0v) is 26.8. The second-order valence-electron chi connectivity index (χ2n) is 12.4. The number of halogens is 4. The van der Waals surface area contributed by atoms with Crippen molar-refractivity contribution < 1.29 is 32.3 Å². The van der Waals surface area contributed by atoms with E-state index in [1.165, 1.54) is 31.6 Å². The van der Waals surface area contributed by atoms with Crippen molar-refractivity contribution in [3.05, 3.63) is 28.8 Å². The molecule has 13 heteroatoms. The Balaban J connectivity index is 0.000000231. The molecule has 3 aliphatic carbocycles. The molecule has 0 spiro atoms. The minimum absolute atomic E-state index is 0.00553. The Bertz CT molecular complexity index is 1240. The average molecular weight is 654 g/mol. The van der Waals surface area contributed by atoms with E-state index in [0.717, 1.165) is 34.6 Å². The molecule has 0 bridgehead atoms. The lowest BCUT2D eigenvalue weighted by molar-refractivity contribution is -0.199. The summed E-state index contributed by atoms with van der Waals surface area (Å²) < 4.78 is 39.8. The molecule has 2 heterocycles. The van der Waals surface area contributed by atoms with E-state index in [-0.39, 0.29) is 25.3 Å². The number of carbonyl (C=O) groups excluding carboxylic acids is 4. The Labute approximate surface area is 268 Å². The van der Waals surface area contributed by atoms with E-state index in [1.54, 1.807) is 0 Å². The molecule has 5 fully saturated rings. The van der Waals surface area contributed by atoms with Gasteiger partial charge in [0.25, 0.3) is 0 Å². The first-order valence-corrected chi connectivity index (χ1v) is 15.7. The van der Waals surface area contributed by atoms with Gasteiger partial charge in [-0.1, -0.05) is 31.0 Å². The van der Waals surface area contributed by atoms with Crippen molar-refractivity contribution in [3.8, 4) is 6.07 Å². The average Bonchev–Trinajstić information content (AvgIpc) is 3.93. The number of carbonyl (C=O) groups is 4. The molecule has 45 heavy (non-hydrogen) atoms. The molecule has 1 unspecified atom stereocenters. The van der Waals surface area contributed by atoms with Crippen molar-refractivity contribution in [3.63, 3.8) is 0 Å². The standard InChI is InChI=1S/C16H20F3N3O2.C14H19ClN2.2CH2O/c1-2-10-7-11(12(23)21-14(9-20)3-4-14)22(8-10)13(24)15(5-6-15)16(17,18)19;1-11-2-3-13(10-14(11)15)17-8-6-16(7-9-17)12-4-5-12;2*1-2/h10-11H,2-8H2,1H3,(H,21,23);2-3,10,12H,4-9H2,1H3;2*1H2/t10?,11-;;;/m0.../s1. The molecule has 2 aliphatic heterocycles. The number of rotatable bonds is 6. The third-order valence-electron chi connectivity index (χ3n) is 9.46. The number of likely N-dealkylation sites (tertiary alicyclic amines) is 1. The first kappa shape index (κ1) is 36.3. The van der Waals surface area contributed by atoms with Crippen molar-refractivity contribution in [1.82, 2.24) is 15.1 Å². The van der Waals surface area contributed by atoms with Gasteiger partial charge in [0.05, 0.1) is 6.07 Å². The van der Waals surface area contributed by atoms with Crippen LogP contribution >= 0.6 is 11.6 Å². The predicted octanol–water partition coefficient (Wildman–Crippen LogP) is 4.69. The van der Waals surface area contributed by atoms with Crippen LogP contribution in [0, 0.1) is 29.6 Å². The normalized spacial score (nSPS) is 24.3. The second-order valence-corrected chi connectivity index (χ2v) is 12.8. The minimum atomic E-state index is -4.58. The van der Waals surface area contributed by atoms with E-state index in [2.05, 4.69) is 40.2 Å². The maximum Gasteiger partial charge on any atom is 0.403 e. The van der Waals surface area contributed by atoms with Gasteiger partial charge in [0, 0.05) is 49.5 Å². The SMILES string of the molecule is C=O.C=O.CCC1C[C@@H](C(=O)NC2(C#N)CC2)N(C(=O)C2(C(F)(F)F)CC2)C1.Cc1ccc(N2CCN(C3CC3)CC2)cc1Cl. The molecular formula is C32H43ClF3N5O4. The third-order valence-corrected chi connectivity index (χ3v) is 9.86. The number of hydrogen-bond donors (Lipinski definition) is 1. The summed E-state index contributed by atoms with van der Waals surface area (Å²) in [5.41, 5.74) is -0.763. The Morgan fingerprint density at radius 2 is 1.67 bits per heavy atom. The summed E-state index contributed by atoms with van der Waals surface area (Å²) in [6, 6.07) is 8.43. The van der Waals surface area contributed by atoms with Crippen molar-refractivity contribution in [2.24, 2.45) is 11.3 Å². The zero-order valence-electron chi connectivity index (χ0n) is 26.0. The smallest absolute Gasteiger partial charge is 0.369 e. The number of alkyl halides is 3. The van der Waals surface area contributed by atoms with Crippen LogP contribution in [0.2, 0.25) is 5.02 Å². The molecule has 248 valence electrons. The molecule has 0 radical (unpaired) electrons. The fourth-order valence-corrected chi connectivity index (χ4v) is 6.16. The lowest BCUT2D eigenvalue weighted by atomic mass is 10.0. The van der Waals surface area contributed by atoms with Gasteiger partial charge in [-0.25, -0.2) is 0 Å². The largest absolute Gasteiger partial charge is 0.403 e. The number of nitrogens with zero attached hydrogens (tertiary/aromatic N) is 4. The number of piperazine rings is 1. The van der Waals surface area contributed by atoms with Crippen LogP contribution in [0.4, 0.5) is 18.9 Å². The van der Waals surface area contributed by atoms with E-state index in [0.29, 0.717) is 25.7 Å². The molecule has 1 aromatic rings. The van der Waals surface area contributed by atoms with Crippen LogP contribution in [-0.4, -0.2) is 91.7 Å². The van der Waals surface area contributed by atoms with Gasteiger partial charge in [-0.15, -0.1) is 0 Å². The Morgan fingerprint density at radius 3 is 2.11 bits per heavy atom. The van der Waals surface area contributed by atoms with E-state index in [1.807, 2.05) is 26.6 Å². The van der Waals surface area contributed by atoms with Crippen LogP contribution in [0.15, 0.2) is 18.2 Å². The molecular weight excluding hydrogens is 611 g/mol. The maximum atomic E-state index is 13.3. The second kappa shape index (κ2) is 14.9. The van der Waals surface area contributed by atoms with Gasteiger partial charge in [-0.3, -0.25) is 14.5 Å². The highest BCUT2D eigenvalue weighted by Gasteiger charge is 2.70. The van der Waals surface area contributed by atoms with Crippen LogP contribution in [0.3, 0.4) is 0 Å². The van der Waals surface area contributed by atoms with Crippen molar-refractivity contribution in [2.45, 2.75) is 89.0 Å². The molecule has 2 saturated heterocycles. The summed E-state index contributed by atoms with van der Waals surface area (Å²) in [6.07, 6.45) is -0.0522. The summed E-state index contributed by atoms with van der Waals surface area (Å²) in [5, 5.41) is 12.6. The van der Waals surface area contributed by atoms with Crippen LogP contribution < -0.4 is 10.2 Å². The number of hydrogen-bond acceptors (Lipinski definition) is 7. The van der Waals surface area contributed by atoms with Gasteiger partial charge in [0.1, 0.15) is 30.6 Å². The third kappa shape index (κ3) is 8.36. The molecule has 2 atom stereocenters. The molecule has 9 nitrogen and oxygen atoms in total. The summed E-state index contributed by atoms with van der Waals surface area (Å²) in [6.45, 7) is 12.8. The summed E-state index contributed by atoms with van der Waals surface area (Å²) in [5.74, 6) is -1.48. The van der Waals surface area contributed by atoms with Crippen molar-refractivity contribution in [2.75, 3.05) is 37.6 Å². The lowest BCUT2D eigenvalue weighted by Gasteiger charge is -2.36. The van der Waals surface area contributed by atoms with Crippen LogP contribution in [0.5, 0.6) is 0 Å². The van der Waals surface area contributed by atoms with Gasteiger partial charge >= 0.3 is 6.18 Å². The van der Waals surface area contributed by atoms with Crippen LogP contribution in [0.25, 0.3) is 0 Å². The monoisotopic (exact) mass is 653 g/mol. The highest BCUT2D eigenvalue weighted by atomic mass is 35.5. The molecule has 2 amide bonds. The molecule has 1 aromatic carbocycles. The zero-order chi connectivity index (χ0) is 33.6. The Morgan fingerprint density at radius 1 is 1.07 bits per heavy atom. The summed E-state index contributed by atoms with van der Waals surface area (Å²) in [4.78, 5) is 47.2. The van der Waals surface area contributed by atoms with E-state index < -0.39 is 35.0 Å². The van der Waals surface area contributed by atoms with E-state index >= 15 is 0 Å². The first-order valence-electron chi connectivity index (χ1n) is 15.4. The molecule has 5 aliphatic rings. The van der Waals surface area contributed by atoms with Crippen molar-refractivity contribution >= 4 is 42.7 Å². The van der Waals surface area contributed by atoms with E-state index in [4.69, 9.17) is 26.5 Å². The summed E-state index contributed by atoms with van der Waals surface area (Å²) >= 11 is 6.19. The lowest BCUT2D eigenvalue weighted by Crippen LogP contribution is -2.53. The molecule has 6 rings (SSSR count). The minimum Gasteiger partial charge on any atom is -0.369 e. The maximum absolute atomic E-state index is 13.3. The van der Waals surface area contributed by atoms with Crippen molar-refractivity contribution in [1.29, 1.82) is 5.26 Å². The fourth-order valence-electron chi connectivity index (χ4n) is 5.98. The van der Waals surface area contributed by atoms with Gasteiger partial charge in [0.2, 0.25) is 11.8 Å². The van der Waals surface area contributed by atoms with E-state index in [9.17, 15) is 22.8 Å². The highest BCUT2D eigenvalue weighted by molar-refractivity contribution is 6.31. The number of nitriles is 1. The number of anilines is 1. The topological polar surface area (TPSA) is 114 Å². The van der Waals surface area contributed by atoms with Crippen LogP contribution in [0.1, 0.15) is 63.9 Å². The molecule has 0 aromatic heterocycles. The Hall–Kier alpha value is -3.17. The van der Waals surface area contributed by atoms with Gasteiger partial charge in [0.15, 0.2) is 0 Å². The molecule has 1 N–H and O–H groups in total. The number of benzene rings is 1. The van der Waals surface area contributed by atoms with Gasteiger partial charge in [-0.2, -0.15) is 18.4 Å². The molecule has 3 saturated carbocycles. The highest BCUT2D eigenvalue weighted by Crippen LogP contribution is 2.59. The summed E-state index contributed by atoms with van der Waals surface area (Å²) in [7, 11) is 0. The number of aryl methyl sites for hydroxylation is 1. The quantitative estimate of drug-likeness (QED) is 0.474. The number of nitrogens with one attached hydrogen (secondary N) is 1. The Kier molecular flexibility index (Phi) is 12.1. The van der Waals surface area contributed by atoms with Crippen LogP contribution in [-0.2, 0) is 19.2 Å².